The molecule has 1 aliphatic heterocycles. The van der Waals surface area contributed by atoms with Crippen LogP contribution in [0.1, 0.15) is 41.7 Å². The third kappa shape index (κ3) is 6.58. The van der Waals surface area contributed by atoms with Gasteiger partial charge in [-0.1, -0.05) is 73.7 Å². The molecule has 0 saturated carbocycles. The van der Waals surface area contributed by atoms with Gasteiger partial charge in [-0.05, 0) is 29.2 Å². The molecule has 1 N–H and O–H groups in total. The number of rotatable bonds is 12. The Hall–Kier alpha value is -3.88. The van der Waals surface area contributed by atoms with Crippen LogP contribution in [0.25, 0.3) is 0 Å². The monoisotopic (exact) mass is 533 g/mol. The molecule has 0 saturated heterocycles. The molecule has 4 rings (SSSR count). The molecule has 39 heavy (non-hydrogen) atoms. The Morgan fingerprint density at radius 2 is 1.69 bits per heavy atom. The molecular formula is C31H35NO7. The predicted octanol–water partition coefficient (Wildman–Crippen LogP) is 4.80. The van der Waals surface area contributed by atoms with E-state index in [1.807, 2.05) is 73.7 Å². The highest BCUT2D eigenvalue weighted by molar-refractivity contribution is 5.88. The second-order valence-corrected chi connectivity index (χ2v) is 9.45. The van der Waals surface area contributed by atoms with E-state index < -0.39 is 24.0 Å². The van der Waals surface area contributed by atoms with Gasteiger partial charge in [-0.15, -0.1) is 0 Å². The average Bonchev–Trinajstić information content (AvgIpc) is 2.97. The summed E-state index contributed by atoms with van der Waals surface area (Å²) in [6.07, 6.45) is -0.583. The molecule has 0 aromatic heterocycles. The minimum absolute atomic E-state index is 0.0779. The van der Waals surface area contributed by atoms with E-state index in [-0.39, 0.29) is 19.1 Å². The van der Waals surface area contributed by atoms with Crippen molar-refractivity contribution >= 4 is 11.9 Å². The molecule has 0 aliphatic carbocycles. The van der Waals surface area contributed by atoms with Gasteiger partial charge in [0.25, 0.3) is 5.91 Å². The molecule has 0 spiro atoms. The summed E-state index contributed by atoms with van der Waals surface area (Å²) >= 11 is 0. The van der Waals surface area contributed by atoms with Gasteiger partial charge in [0.2, 0.25) is 0 Å². The van der Waals surface area contributed by atoms with Crippen molar-refractivity contribution in [1.29, 1.82) is 0 Å². The quantitative estimate of drug-likeness (QED) is 0.358. The van der Waals surface area contributed by atoms with Gasteiger partial charge in [0, 0.05) is 25.6 Å². The molecule has 0 fully saturated rings. The minimum Gasteiger partial charge on any atom is -0.493 e. The highest BCUT2D eigenvalue weighted by Gasteiger charge is 2.40. The first-order valence-corrected chi connectivity index (χ1v) is 13.0. The van der Waals surface area contributed by atoms with E-state index in [0.717, 1.165) is 16.7 Å². The van der Waals surface area contributed by atoms with Gasteiger partial charge in [0.1, 0.15) is 12.6 Å². The van der Waals surface area contributed by atoms with Crippen molar-refractivity contribution in [2.75, 3.05) is 20.8 Å². The number of benzene rings is 3. The lowest BCUT2D eigenvalue weighted by Crippen LogP contribution is -2.51. The van der Waals surface area contributed by atoms with Crippen molar-refractivity contribution < 1.29 is 33.6 Å². The number of ether oxygens (including phenoxy) is 4. The summed E-state index contributed by atoms with van der Waals surface area (Å²) in [4.78, 5) is 28.0. The van der Waals surface area contributed by atoms with Gasteiger partial charge in [0.05, 0.1) is 19.8 Å². The van der Waals surface area contributed by atoms with E-state index in [1.165, 1.54) is 4.90 Å². The van der Waals surface area contributed by atoms with Crippen LogP contribution >= 0.6 is 0 Å². The lowest BCUT2D eigenvalue weighted by molar-refractivity contribution is -0.162. The molecule has 1 aliphatic rings. The molecule has 1 heterocycles. The van der Waals surface area contributed by atoms with Crippen molar-refractivity contribution in [2.24, 2.45) is 0 Å². The highest BCUT2D eigenvalue weighted by Crippen LogP contribution is 2.40. The van der Waals surface area contributed by atoms with Crippen molar-refractivity contribution in [3.8, 4) is 11.5 Å². The largest absolute Gasteiger partial charge is 0.493 e. The van der Waals surface area contributed by atoms with Gasteiger partial charge in [-0.25, -0.2) is 4.79 Å². The van der Waals surface area contributed by atoms with Crippen molar-refractivity contribution in [2.45, 2.75) is 51.2 Å². The number of carboxylic acids is 1. The van der Waals surface area contributed by atoms with Crippen molar-refractivity contribution in [1.82, 2.24) is 4.90 Å². The molecule has 0 radical (unpaired) electrons. The SMILES string of the molecule is CCC(COC)OC(C(=O)N1Cc2ccc(OC)c(OCc3ccccc3)c2CC1C(=O)O)c1ccccc1. The Bertz CT molecular complexity index is 1250. The molecule has 206 valence electrons. The Kier molecular flexibility index (Phi) is 9.57. The van der Waals surface area contributed by atoms with Gasteiger partial charge < -0.3 is 29.0 Å². The van der Waals surface area contributed by atoms with Crippen LogP contribution in [0.2, 0.25) is 0 Å². The van der Waals surface area contributed by atoms with E-state index >= 15 is 0 Å². The van der Waals surface area contributed by atoms with Gasteiger partial charge in [-0.3, -0.25) is 4.79 Å². The third-order valence-electron chi connectivity index (χ3n) is 6.91. The zero-order valence-corrected chi connectivity index (χ0v) is 22.5. The standard InChI is InChI=1S/C31H35NO7/c1-4-24(20-36-2)39-28(22-13-9-6-10-14-22)30(33)32-18-23-15-16-27(37-3)29(25(23)17-26(32)31(34)35)38-19-21-11-7-5-8-12-21/h5-16,24,26,28H,4,17-20H2,1-3H3,(H,34,35). The smallest absolute Gasteiger partial charge is 0.326 e. The number of aliphatic carboxylic acids is 1. The van der Waals surface area contributed by atoms with E-state index in [9.17, 15) is 14.7 Å². The number of hydrogen-bond acceptors (Lipinski definition) is 6. The second kappa shape index (κ2) is 13.3. The normalized spacial score (nSPS) is 16.2. The summed E-state index contributed by atoms with van der Waals surface area (Å²) in [6.45, 7) is 2.68. The van der Waals surface area contributed by atoms with Crippen molar-refractivity contribution in [3.63, 3.8) is 0 Å². The minimum atomic E-state index is -1.10. The third-order valence-corrected chi connectivity index (χ3v) is 6.91. The van der Waals surface area contributed by atoms with Gasteiger partial charge >= 0.3 is 5.97 Å². The summed E-state index contributed by atoms with van der Waals surface area (Å²) < 4.78 is 23.3. The predicted molar refractivity (Wildman–Crippen MR) is 146 cm³/mol. The Morgan fingerprint density at radius 3 is 2.31 bits per heavy atom. The molecule has 3 aromatic rings. The topological polar surface area (TPSA) is 94.5 Å². The summed E-state index contributed by atoms with van der Waals surface area (Å²) in [5.41, 5.74) is 3.17. The number of methoxy groups -OCH3 is 2. The molecular weight excluding hydrogens is 498 g/mol. The maximum absolute atomic E-state index is 14.0. The molecule has 0 bridgehead atoms. The van der Waals surface area contributed by atoms with Crippen LogP contribution < -0.4 is 9.47 Å². The van der Waals surface area contributed by atoms with Crippen LogP contribution in [-0.4, -0.2) is 54.9 Å². The number of carbonyl (C=O) groups is 2. The fourth-order valence-corrected chi connectivity index (χ4v) is 4.81. The fourth-order valence-electron chi connectivity index (χ4n) is 4.81. The zero-order chi connectivity index (χ0) is 27.8. The van der Waals surface area contributed by atoms with Gasteiger partial charge in [-0.2, -0.15) is 0 Å². The number of hydrogen-bond donors (Lipinski definition) is 1. The number of amides is 1. The molecule has 3 atom stereocenters. The highest BCUT2D eigenvalue weighted by atomic mass is 16.5. The van der Waals surface area contributed by atoms with Crippen molar-refractivity contribution in [3.05, 3.63) is 95.1 Å². The Labute approximate surface area is 229 Å². The summed E-state index contributed by atoms with van der Waals surface area (Å²) in [5, 5.41) is 10.2. The van der Waals surface area contributed by atoms with Crippen LogP contribution in [0.3, 0.4) is 0 Å². The molecule has 1 amide bonds. The average molecular weight is 534 g/mol. The summed E-state index contributed by atoms with van der Waals surface area (Å²) in [6, 6.07) is 21.4. The second-order valence-electron chi connectivity index (χ2n) is 9.45. The summed E-state index contributed by atoms with van der Waals surface area (Å²) in [5.74, 6) is -0.485. The first-order valence-electron chi connectivity index (χ1n) is 13.0. The molecule has 3 unspecified atom stereocenters. The van der Waals surface area contributed by atoms with E-state index in [0.29, 0.717) is 36.7 Å². The number of carboxylic acid groups (broad SMARTS) is 1. The van der Waals surface area contributed by atoms with E-state index in [4.69, 9.17) is 18.9 Å². The van der Waals surface area contributed by atoms with Crippen LogP contribution in [0.4, 0.5) is 0 Å². The number of fused-ring (bicyclic) bond motifs is 1. The van der Waals surface area contributed by atoms with Crippen LogP contribution in [0.15, 0.2) is 72.8 Å². The van der Waals surface area contributed by atoms with Gasteiger partial charge in [0.15, 0.2) is 17.6 Å². The molecule has 3 aromatic carbocycles. The van der Waals surface area contributed by atoms with Crippen LogP contribution in [0, 0.1) is 0 Å². The Balaban J connectivity index is 1.67. The summed E-state index contributed by atoms with van der Waals surface area (Å²) in [7, 11) is 3.13. The van der Waals surface area contributed by atoms with E-state index in [2.05, 4.69) is 0 Å². The fraction of sp³-hybridized carbons (Fsp3) is 0.355. The first-order chi connectivity index (χ1) is 19.0. The van der Waals surface area contributed by atoms with E-state index in [1.54, 1.807) is 20.3 Å². The number of carbonyl (C=O) groups excluding carboxylic acids is 1. The lowest BCUT2D eigenvalue weighted by atomic mass is 9.91. The zero-order valence-electron chi connectivity index (χ0n) is 22.5. The van der Waals surface area contributed by atoms with Crippen LogP contribution in [0.5, 0.6) is 11.5 Å². The maximum atomic E-state index is 14.0. The van der Waals surface area contributed by atoms with Crippen LogP contribution in [-0.2, 0) is 38.6 Å². The Morgan fingerprint density at radius 1 is 1.00 bits per heavy atom. The maximum Gasteiger partial charge on any atom is 0.326 e. The molecule has 8 heteroatoms. The number of nitrogens with zero attached hydrogens (tertiary/aromatic N) is 1. The molecule has 8 nitrogen and oxygen atoms in total. The lowest BCUT2D eigenvalue weighted by Gasteiger charge is -2.38. The first kappa shape index (κ1) is 28.1.